The second-order valence-corrected chi connectivity index (χ2v) is 7.38. The van der Waals surface area contributed by atoms with E-state index in [1.807, 2.05) is 12.1 Å². The quantitative estimate of drug-likeness (QED) is 0.895. The number of rotatable bonds is 4. The van der Waals surface area contributed by atoms with Gasteiger partial charge >= 0.3 is 0 Å². The van der Waals surface area contributed by atoms with Crippen LogP contribution in [0.1, 0.15) is 30.9 Å². The molecule has 0 bridgehead atoms. The van der Waals surface area contributed by atoms with Gasteiger partial charge in [-0.25, -0.2) is 8.42 Å². The second-order valence-electron chi connectivity index (χ2n) is 5.29. The molecular formula is C16H18ClNO2S. The van der Waals surface area contributed by atoms with Gasteiger partial charge in [0, 0.05) is 10.7 Å². The number of nitrogens with one attached hydrogen (secondary N) is 1. The summed E-state index contributed by atoms with van der Waals surface area (Å²) in [6, 6.07) is 12.1. The lowest BCUT2D eigenvalue weighted by molar-refractivity contribution is 0.601. The number of halogens is 1. The first-order valence-electron chi connectivity index (χ1n) is 6.68. The van der Waals surface area contributed by atoms with Gasteiger partial charge in [-0.3, -0.25) is 4.72 Å². The molecule has 0 aromatic heterocycles. The second kappa shape index (κ2) is 6.08. The number of hydrogen-bond acceptors (Lipinski definition) is 2. The van der Waals surface area contributed by atoms with Crippen LogP contribution in [0.25, 0.3) is 0 Å². The molecule has 1 N–H and O–H groups in total. The molecular weight excluding hydrogens is 306 g/mol. The van der Waals surface area contributed by atoms with Crippen molar-refractivity contribution in [2.45, 2.75) is 31.6 Å². The van der Waals surface area contributed by atoms with Gasteiger partial charge in [0.2, 0.25) is 0 Å². The SMILES string of the molecule is Cc1cc(S(=O)(=O)Nc2ccc(C(C)C)cc2)ccc1Cl. The lowest BCUT2D eigenvalue weighted by Gasteiger charge is -2.11. The topological polar surface area (TPSA) is 46.2 Å². The van der Waals surface area contributed by atoms with Gasteiger partial charge in [-0.2, -0.15) is 0 Å². The Morgan fingerprint density at radius 2 is 1.67 bits per heavy atom. The van der Waals surface area contributed by atoms with Gasteiger partial charge in [0.1, 0.15) is 0 Å². The maximum absolute atomic E-state index is 12.3. The van der Waals surface area contributed by atoms with E-state index in [-0.39, 0.29) is 4.90 Å². The smallest absolute Gasteiger partial charge is 0.261 e. The Bertz CT molecular complexity index is 737. The summed E-state index contributed by atoms with van der Waals surface area (Å²) < 4.78 is 27.2. The van der Waals surface area contributed by atoms with E-state index in [2.05, 4.69) is 18.6 Å². The van der Waals surface area contributed by atoms with Crippen molar-refractivity contribution in [2.75, 3.05) is 4.72 Å². The fraction of sp³-hybridized carbons (Fsp3) is 0.250. The summed E-state index contributed by atoms with van der Waals surface area (Å²) in [7, 11) is -3.59. The van der Waals surface area contributed by atoms with Crippen molar-refractivity contribution in [2.24, 2.45) is 0 Å². The minimum atomic E-state index is -3.59. The number of sulfonamides is 1. The van der Waals surface area contributed by atoms with Crippen LogP contribution in [-0.2, 0) is 10.0 Å². The predicted octanol–water partition coefficient (Wildman–Crippen LogP) is 4.57. The molecule has 3 nitrogen and oxygen atoms in total. The first kappa shape index (κ1) is 15.9. The lowest BCUT2D eigenvalue weighted by Crippen LogP contribution is -2.13. The predicted molar refractivity (Wildman–Crippen MR) is 87.5 cm³/mol. The Morgan fingerprint density at radius 3 is 2.19 bits per heavy atom. The van der Waals surface area contributed by atoms with Crippen molar-refractivity contribution in [3.05, 3.63) is 58.6 Å². The molecule has 0 aliphatic rings. The van der Waals surface area contributed by atoms with E-state index in [1.54, 1.807) is 31.2 Å². The van der Waals surface area contributed by atoms with Gasteiger partial charge in [0.25, 0.3) is 10.0 Å². The van der Waals surface area contributed by atoms with E-state index in [9.17, 15) is 8.42 Å². The van der Waals surface area contributed by atoms with Crippen LogP contribution in [0, 0.1) is 6.92 Å². The molecule has 0 unspecified atom stereocenters. The monoisotopic (exact) mass is 323 g/mol. The summed E-state index contributed by atoms with van der Waals surface area (Å²) in [4.78, 5) is 0.206. The van der Waals surface area contributed by atoms with Gasteiger partial charge in [-0.05, 0) is 54.3 Å². The lowest BCUT2D eigenvalue weighted by atomic mass is 10.0. The average molecular weight is 324 g/mol. The standard InChI is InChI=1S/C16H18ClNO2S/c1-11(2)13-4-6-14(7-5-13)18-21(19,20)15-8-9-16(17)12(3)10-15/h4-11,18H,1-3H3. The van der Waals surface area contributed by atoms with Gasteiger partial charge in [-0.15, -0.1) is 0 Å². The van der Waals surface area contributed by atoms with Gasteiger partial charge in [-0.1, -0.05) is 37.6 Å². The van der Waals surface area contributed by atoms with Gasteiger partial charge < -0.3 is 0 Å². The van der Waals surface area contributed by atoms with Crippen molar-refractivity contribution in [1.29, 1.82) is 0 Å². The molecule has 0 saturated carbocycles. The fourth-order valence-corrected chi connectivity index (χ4v) is 3.20. The number of benzene rings is 2. The Morgan fingerprint density at radius 1 is 1.05 bits per heavy atom. The first-order valence-corrected chi connectivity index (χ1v) is 8.54. The zero-order chi connectivity index (χ0) is 15.6. The Balaban J connectivity index is 2.26. The van der Waals surface area contributed by atoms with E-state index in [0.29, 0.717) is 16.6 Å². The summed E-state index contributed by atoms with van der Waals surface area (Å²) in [5.41, 5.74) is 2.45. The minimum absolute atomic E-state index is 0.206. The van der Waals surface area contributed by atoms with Gasteiger partial charge in [0.05, 0.1) is 4.90 Å². The fourth-order valence-electron chi connectivity index (χ4n) is 1.93. The highest BCUT2D eigenvalue weighted by molar-refractivity contribution is 7.92. The van der Waals surface area contributed by atoms with Crippen molar-refractivity contribution < 1.29 is 8.42 Å². The van der Waals surface area contributed by atoms with Crippen LogP contribution in [0.15, 0.2) is 47.4 Å². The number of hydrogen-bond donors (Lipinski definition) is 1. The summed E-state index contributed by atoms with van der Waals surface area (Å²) in [6.07, 6.45) is 0. The number of aryl methyl sites for hydroxylation is 1. The third-order valence-electron chi connectivity index (χ3n) is 3.27. The maximum Gasteiger partial charge on any atom is 0.261 e. The van der Waals surface area contributed by atoms with E-state index < -0.39 is 10.0 Å². The zero-order valence-electron chi connectivity index (χ0n) is 12.2. The molecule has 2 rings (SSSR count). The minimum Gasteiger partial charge on any atom is -0.280 e. The van der Waals surface area contributed by atoms with Crippen molar-refractivity contribution in [1.82, 2.24) is 0 Å². The van der Waals surface area contributed by atoms with Crippen LogP contribution < -0.4 is 4.72 Å². The zero-order valence-corrected chi connectivity index (χ0v) is 13.8. The molecule has 0 heterocycles. The van der Waals surface area contributed by atoms with Crippen LogP contribution >= 0.6 is 11.6 Å². The largest absolute Gasteiger partial charge is 0.280 e. The molecule has 0 radical (unpaired) electrons. The van der Waals surface area contributed by atoms with Crippen LogP contribution in [0.5, 0.6) is 0 Å². The molecule has 21 heavy (non-hydrogen) atoms. The third-order valence-corrected chi connectivity index (χ3v) is 5.07. The first-order chi connectivity index (χ1) is 9.79. The molecule has 0 aliphatic carbocycles. The summed E-state index contributed by atoms with van der Waals surface area (Å²) in [5, 5.41) is 0.551. The van der Waals surface area contributed by atoms with E-state index in [1.165, 1.54) is 11.6 Å². The number of anilines is 1. The summed E-state index contributed by atoms with van der Waals surface area (Å²) in [5.74, 6) is 0.412. The molecule has 112 valence electrons. The maximum atomic E-state index is 12.3. The van der Waals surface area contributed by atoms with E-state index >= 15 is 0 Å². The average Bonchev–Trinajstić information content (AvgIpc) is 2.42. The molecule has 0 atom stereocenters. The molecule has 0 spiro atoms. The molecule has 0 saturated heterocycles. The van der Waals surface area contributed by atoms with Crippen LogP contribution in [-0.4, -0.2) is 8.42 Å². The molecule has 0 fully saturated rings. The highest BCUT2D eigenvalue weighted by Crippen LogP contribution is 2.23. The summed E-state index contributed by atoms with van der Waals surface area (Å²) >= 11 is 5.92. The van der Waals surface area contributed by atoms with Crippen LogP contribution in [0.3, 0.4) is 0 Å². The molecule has 2 aromatic carbocycles. The van der Waals surface area contributed by atoms with Gasteiger partial charge in [0.15, 0.2) is 0 Å². The van der Waals surface area contributed by atoms with Crippen LogP contribution in [0.4, 0.5) is 5.69 Å². The Hall–Kier alpha value is -1.52. The Labute approximate surface area is 131 Å². The third kappa shape index (κ3) is 3.77. The molecule has 2 aromatic rings. The molecule has 0 amide bonds. The Kier molecular flexibility index (Phi) is 4.59. The van der Waals surface area contributed by atoms with Crippen molar-refractivity contribution in [3.8, 4) is 0 Å². The molecule has 5 heteroatoms. The molecule has 0 aliphatic heterocycles. The normalized spacial score (nSPS) is 11.7. The summed E-state index contributed by atoms with van der Waals surface area (Å²) in [6.45, 7) is 5.96. The highest BCUT2D eigenvalue weighted by atomic mass is 35.5. The highest BCUT2D eigenvalue weighted by Gasteiger charge is 2.15. The van der Waals surface area contributed by atoms with Crippen molar-refractivity contribution in [3.63, 3.8) is 0 Å². The van der Waals surface area contributed by atoms with Crippen LogP contribution in [0.2, 0.25) is 5.02 Å². The van der Waals surface area contributed by atoms with E-state index in [4.69, 9.17) is 11.6 Å². The van der Waals surface area contributed by atoms with E-state index in [0.717, 1.165) is 5.56 Å². The van der Waals surface area contributed by atoms with Crippen molar-refractivity contribution >= 4 is 27.3 Å².